The molecule has 1 amide bonds. The third kappa shape index (κ3) is 4.13. The first kappa shape index (κ1) is 13.6. The number of hydrogen-bond donors (Lipinski definition) is 1. The highest BCUT2D eigenvalue weighted by molar-refractivity contribution is 5.68. The molecule has 0 aromatic rings. The van der Waals surface area contributed by atoms with E-state index in [0.29, 0.717) is 13.0 Å². The Labute approximate surface area is 100.0 Å². The molecule has 0 saturated carbocycles. The van der Waals surface area contributed by atoms with Crippen molar-refractivity contribution >= 4 is 6.09 Å². The maximum Gasteiger partial charge on any atom is 0.410 e. The molecule has 0 bridgehead atoms. The molecule has 17 heavy (non-hydrogen) atoms. The summed E-state index contributed by atoms with van der Waals surface area (Å²) in [7, 11) is 0. The lowest BCUT2D eigenvalue weighted by atomic mass is 10.0. The number of hydrogen-bond acceptors (Lipinski definition) is 4. The molecule has 0 aromatic carbocycles. The molecule has 1 aliphatic rings. The minimum absolute atomic E-state index is 0.195. The Kier molecular flexibility index (Phi) is 4.20. The highest BCUT2D eigenvalue weighted by Crippen LogP contribution is 2.17. The summed E-state index contributed by atoms with van der Waals surface area (Å²) >= 11 is 0. The third-order valence-electron chi connectivity index (χ3n) is 2.40. The van der Waals surface area contributed by atoms with Crippen LogP contribution in [0.5, 0.6) is 0 Å². The van der Waals surface area contributed by atoms with Gasteiger partial charge < -0.3 is 14.7 Å². The van der Waals surface area contributed by atoms with E-state index in [1.54, 1.807) is 20.8 Å². The molecule has 7 heteroatoms. The van der Waals surface area contributed by atoms with Crippen LogP contribution >= 0.6 is 0 Å². The van der Waals surface area contributed by atoms with Crippen LogP contribution in [0, 0.1) is 0 Å². The Morgan fingerprint density at radius 1 is 1.59 bits per heavy atom. The van der Waals surface area contributed by atoms with E-state index in [4.69, 9.17) is 10.3 Å². The Bertz CT molecular complexity index is 333. The fourth-order valence-electron chi connectivity index (χ4n) is 1.59. The van der Waals surface area contributed by atoms with E-state index < -0.39 is 23.8 Å². The number of likely N-dealkylation sites (tertiary alicyclic amines) is 1. The molecule has 7 nitrogen and oxygen atoms in total. The Morgan fingerprint density at radius 3 is 2.76 bits per heavy atom. The fraction of sp³-hybridized carbons (Fsp3) is 0.900. The molecule has 1 aliphatic heterocycles. The van der Waals surface area contributed by atoms with Crippen LogP contribution in [-0.2, 0) is 4.74 Å². The molecule has 1 rings (SSSR count). The first-order valence-electron chi connectivity index (χ1n) is 5.53. The molecule has 1 fully saturated rings. The highest BCUT2D eigenvalue weighted by Gasteiger charge is 2.31. The molecule has 96 valence electrons. The van der Waals surface area contributed by atoms with Gasteiger partial charge in [0, 0.05) is 18.0 Å². The Hall–Kier alpha value is -1.46. The predicted molar refractivity (Wildman–Crippen MR) is 61.4 cm³/mol. The van der Waals surface area contributed by atoms with E-state index in [9.17, 15) is 9.90 Å². The van der Waals surface area contributed by atoms with Crippen LogP contribution in [-0.4, -0.2) is 46.9 Å². The number of azide groups is 1. The van der Waals surface area contributed by atoms with Crippen molar-refractivity contribution in [2.45, 2.75) is 44.9 Å². The van der Waals surface area contributed by atoms with Gasteiger partial charge in [-0.15, -0.1) is 0 Å². The molecule has 1 saturated heterocycles. The zero-order valence-electron chi connectivity index (χ0n) is 10.3. The molecular formula is C10H18N4O3. The average Bonchev–Trinajstić information content (AvgIpc) is 2.19. The molecule has 0 aliphatic carbocycles. The maximum atomic E-state index is 11.8. The van der Waals surface area contributed by atoms with Crippen molar-refractivity contribution in [2.24, 2.45) is 5.11 Å². The maximum absolute atomic E-state index is 11.8. The molecular weight excluding hydrogens is 224 g/mol. The molecule has 1 unspecified atom stereocenters. The van der Waals surface area contributed by atoms with Crippen LogP contribution in [0.2, 0.25) is 0 Å². The van der Waals surface area contributed by atoms with Crippen LogP contribution < -0.4 is 0 Å². The number of carbonyl (C=O) groups is 1. The van der Waals surface area contributed by atoms with Gasteiger partial charge in [0.15, 0.2) is 0 Å². The SMILES string of the molecule is CC(C)(C)OC(=O)N1CCC(O)[C@H](N=[N+]=[N-])C1. The second-order valence-electron chi connectivity index (χ2n) is 5.05. The van der Waals surface area contributed by atoms with Crippen molar-refractivity contribution in [2.75, 3.05) is 13.1 Å². The van der Waals surface area contributed by atoms with Crippen molar-refractivity contribution in [1.82, 2.24) is 4.90 Å². The second-order valence-corrected chi connectivity index (χ2v) is 5.05. The lowest BCUT2D eigenvalue weighted by Gasteiger charge is -2.34. The van der Waals surface area contributed by atoms with Gasteiger partial charge in [-0.25, -0.2) is 4.79 Å². The number of aliphatic hydroxyl groups is 1. The third-order valence-corrected chi connectivity index (χ3v) is 2.40. The normalized spacial score (nSPS) is 25.1. The minimum atomic E-state index is -0.690. The van der Waals surface area contributed by atoms with Crippen LogP contribution in [0.3, 0.4) is 0 Å². The van der Waals surface area contributed by atoms with Gasteiger partial charge in [0.25, 0.3) is 0 Å². The van der Waals surface area contributed by atoms with Crippen LogP contribution in [0.4, 0.5) is 4.79 Å². The van der Waals surface area contributed by atoms with Gasteiger partial charge in [-0.1, -0.05) is 5.11 Å². The van der Waals surface area contributed by atoms with Crippen molar-refractivity contribution < 1.29 is 14.6 Å². The first-order chi connectivity index (χ1) is 7.83. The van der Waals surface area contributed by atoms with Crippen molar-refractivity contribution in [3.8, 4) is 0 Å². The van der Waals surface area contributed by atoms with E-state index in [-0.39, 0.29) is 6.54 Å². The molecule has 2 atom stereocenters. The van der Waals surface area contributed by atoms with Gasteiger partial charge in [-0.2, -0.15) is 0 Å². The molecule has 1 N–H and O–H groups in total. The Morgan fingerprint density at radius 2 is 2.24 bits per heavy atom. The lowest BCUT2D eigenvalue weighted by Crippen LogP contribution is -2.49. The minimum Gasteiger partial charge on any atom is -0.444 e. The van der Waals surface area contributed by atoms with Crippen molar-refractivity contribution in [1.29, 1.82) is 0 Å². The fourth-order valence-corrected chi connectivity index (χ4v) is 1.59. The number of carbonyl (C=O) groups excluding carboxylic acids is 1. The van der Waals surface area contributed by atoms with Gasteiger partial charge in [-0.05, 0) is 32.7 Å². The van der Waals surface area contributed by atoms with Gasteiger partial charge in [0.2, 0.25) is 0 Å². The Balaban J connectivity index is 2.61. The van der Waals surface area contributed by atoms with Gasteiger partial charge in [0.05, 0.1) is 12.1 Å². The van der Waals surface area contributed by atoms with Crippen LogP contribution in [0.1, 0.15) is 27.2 Å². The van der Waals surface area contributed by atoms with Gasteiger partial charge >= 0.3 is 6.09 Å². The zero-order valence-corrected chi connectivity index (χ0v) is 10.3. The van der Waals surface area contributed by atoms with Gasteiger partial charge in [-0.3, -0.25) is 0 Å². The summed E-state index contributed by atoms with van der Waals surface area (Å²) in [5.74, 6) is 0. The number of piperidine rings is 1. The van der Waals surface area contributed by atoms with Gasteiger partial charge in [0.1, 0.15) is 5.60 Å². The molecule has 0 radical (unpaired) electrons. The number of aliphatic hydroxyl groups excluding tert-OH is 1. The van der Waals surface area contributed by atoms with E-state index in [1.807, 2.05) is 0 Å². The predicted octanol–water partition coefficient (Wildman–Crippen LogP) is 1.67. The molecule has 0 spiro atoms. The van der Waals surface area contributed by atoms with E-state index in [0.717, 1.165) is 0 Å². The summed E-state index contributed by atoms with van der Waals surface area (Å²) in [5.41, 5.74) is 7.81. The number of amides is 1. The standard InChI is InChI=1S/C10H18N4O3/c1-10(2,3)17-9(16)14-5-4-8(15)7(6-14)12-13-11/h7-8,15H,4-6H2,1-3H3/t7-,8?/m1/s1. The van der Waals surface area contributed by atoms with E-state index in [2.05, 4.69) is 10.0 Å². The largest absolute Gasteiger partial charge is 0.444 e. The van der Waals surface area contributed by atoms with Crippen LogP contribution in [0.25, 0.3) is 10.4 Å². The summed E-state index contributed by atoms with van der Waals surface area (Å²) in [6, 6.07) is -0.596. The van der Waals surface area contributed by atoms with Crippen LogP contribution in [0.15, 0.2) is 5.11 Å². The van der Waals surface area contributed by atoms with Crippen molar-refractivity contribution in [3.63, 3.8) is 0 Å². The smallest absolute Gasteiger partial charge is 0.410 e. The van der Waals surface area contributed by atoms with E-state index >= 15 is 0 Å². The zero-order chi connectivity index (χ0) is 13.1. The lowest BCUT2D eigenvalue weighted by molar-refractivity contribution is 0.00499. The second kappa shape index (κ2) is 5.25. The highest BCUT2D eigenvalue weighted by atomic mass is 16.6. The first-order valence-corrected chi connectivity index (χ1v) is 5.53. The number of nitrogens with zero attached hydrogens (tertiary/aromatic N) is 4. The summed E-state index contributed by atoms with van der Waals surface area (Å²) < 4.78 is 5.21. The summed E-state index contributed by atoms with van der Waals surface area (Å²) in [6.07, 6.45) is -0.740. The molecule has 1 heterocycles. The quantitative estimate of drug-likeness (QED) is 0.430. The van der Waals surface area contributed by atoms with Crippen molar-refractivity contribution in [3.05, 3.63) is 10.4 Å². The topological polar surface area (TPSA) is 98.5 Å². The number of ether oxygens (including phenoxy) is 1. The monoisotopic (exact) mass is 242 g/mol. The molecule has 0 aromatic heterocycles. The van der Waals surface area contributed by atoms with E-state index in [1.165, 1.54) is 4.90 Å². The summed E-state index contributed by atoms with van der Waals surface area (Å²) in [5, 5.41) is 13.1. The average molecular weight is 242 g/mol. The number of rotatable bonds is 1. The summed E-state index contributed by atoms with van der Waals surface area (Å²) in [4.78, 5) is 15.9. The summed E-state index contributed by atoms with van der Waals surface area (Å²) in [6.45, 7) is 5.96.